The Balaban J connectivity index is 2.09. The fourth-order valence-electron chi connectivity index (χ4n) is 3.75. The standard InChI is InChI=1S/C28H40N2O8S2/c1-39-13-5-3-11-29-17-25(19-7-9-21(31)23(33)15-19)37-27(35)28(36)38-26(18-30-12-4-6-14-40-2)20-8-10-22(32)24(34)16-20/h7-10,15-16,25-26,29-34H,3-6,11-14,17-18H2,1-2H3/t25-,26-/m0/s1. The second-order valence-electron chi connectivity index (χ2n) is 9.09. The van der Waals surface area contributed by atoms with Crippen LogP contribution in [0.4, 0.5) is 0 Å². The summed E-state index contributed by atoms with van der Waals surface area (Å²) < 4.78 is 11.0. The molecule has 0 radical (unpaired) electrons. The average molecular weight is 597 g/mol. The van der Waals surface area contributed by atoms with Crippen molar-refractivity contribution in [1.82, 2.24) is 10.6 Å². The second kappa shape index (κ2) is 18.5. The van der Waals surface area contributed by atoms with Crippen molar-refractivity contribution in [3.63, 3.8) is 0 Å². The smallest absolute Gasteiger partial charge is 0.418 e. The predicted octanol–water partition coefficient (Wildman–Crippen LogP) is 3.84. The van der Waals surface area contributed by atoms with Crippen molar-refractivity contribution in [2.45, 2.75) is 37.9 Å². The molecule has 12 heteroatoms. The number of esters is 2. The summed E-state index contributed by atoms with van der Waals surface area (Å²) in [4.78, 5) is 25.7. The van der Waals surface area contributed by atoms with Crippen molar-refractivity contribution < 1.29 is 39.5 Å². The van der Waals surface area contributed by atoms with Gasteiger partial charge in [-0.1, -0.05) is 12.1 Å². The topological polar surface area (TPSA) is 158 Å². The number of rotatable bonds is 18. The number of hydrogen-bond donors (Lipinski definition) is 6. The molecule has 6 N–H and O–H groups in total. The first-order valence-electron chi connectivity index (χ1n) is 13.1. The van der Waals surface area contributed by atoms with E-state index < -0.39 is 24.1 Å². The van der Waals surface area contributed by atoms with E-state index in [1.807, 2.05) is 12.5 Å². The third-order valence-corrected chi connectivity index (χ3v) is 7.37. The Kier molecular flexibility index (Phi) is 15.5. The van der Waals surface area contributed by atoms with Gasteiger partial charge in [0.05, 0.1) is 0 Å². The highest BCUT2D eigenvalue weighted by molar-refractivity contribution is 7.98. The van der Waals surface area contributed by atoms with Crippen LogP contribution in [0.2, 0.25) is 0 Å². The van der Waals surface area contributed by atoms with Crippen molar-refractivity contribution in [3.8, 4) is 23.0 Å². The molecule has 0 aliphatic heterocycles. The van der Waals surface area contributed by atoms with Crippen LogP contribution in [0.3, 0.4) is 0 Å². The zero-order chi connectivity index (χ0) is 29.3. The molecule has 0 fully saturated rings. The molecule has 0 saturated carbocycles. The minimum atomic E-state index is -1.23. The lowest BCUT2D eigenvalue weighted by Gasteiger charge is -2.21. The van der Waals surface area contributed by atoms with Crippen LogP contribution in [0.15, 0.2) is 36.4 Å². The Labute approximate surface area is 243 Å². The highest BCUT2D eigenvalue weighted by Crippen LogP contribution is 2.31. The normalized spacial score (nSPS) is 12.6. The summed E-state index contributed by atoms with van der Waals surface area (Å²) in [5.41, 5.74) is 0.778. The number of phenols is 4. The number of phenolic OH excluding ortho intramolecular Hbond substituents is 4. The number of ether oxygens (including phenoxy) is 2. The van der Waals surface area contributed by atoms with Gasteiger partial charge in [0, 0.05) is 13.1 Å². The number of carbonyl (C=O) groups is 2. The van der Waals surface area contributed by atoms with E-state index in [2.05, 4.69) is 10.6 Å². The second-order valence-corrected chi connectivity index (χ2v) is 11.1. The summed E-state index contributed by atoms with van der Waals surface area (Å²) in [5.74, 6) is -1.79. The van der Waals surface area contributed by atoms with E-state index in [1.54, 1.807) is 23.5 Å². The Bertz CT molecular complexity index is 989. The van der Waals surface area contributed by atoms with Crippen molar-refractivity contribution in [2.24, 2.45) is 0 Å². The lowest BCUT2D eigenvalue weighted by molar-refractivity contribution is -0.174. The van der Waals surface area contributed by atoms with Crippen LogP contribution in [-0.4, -0.2) is 82.6 Å². The van der Waals surface area contributed by atoms with Crippen molar-refractivity contribution in [2.75, 3.05) is 50.2 Å². The lowest BCUT2D eigenvalue weighted by atomic mass is 10.1. The zero-order valence-corrected chi connectivity index (χ0v) is 24.6. The number of hydrogen-bond acceptors (Lipinski definition) is 12. The zero-order valence-electron chi connectivity index (χ0n) is 22.9. The molecule has 0 unspecified atom stereocenters. The molecule has 0 saturated heterocycles. The summed E-state index contributed by atoms with van der Waals surface area (Å²) in [6.07, 6.45) is 6.07. The van der Waals surface area contributed by atoms with E-state index in [0.717, 1.165) is 37.2 Å². The molecular formula is C28H40N2O8S2. The highest BCUT2D eigenvalue weighted by atomic mass is 32.2. The van der Waals surface area contributed by atoms with Gasteiger partial charge in [0.15, 0.2) is 23.0 Å². The van der Waals surface area contributed by atoms with Gasteiger partial charge >= 0.3 is 11.9 Å². The highest BCUT2D eigenvalue weighted by Gasteiger charge is 2.28. The Hall–Kier alpha value is -2.80. The Morgan fingerprint density at radius 3 is 1.43 bits per heavy atom. The minimum Gasteiger partial charge on any atom is -0.504 e. The van der Waals surface area contributed by atoms with Gasteiger partial charge in [-0.15, -0.1) is 0 Å². The lowest BCUT2D eigenvalue weighted by Crippen LogP contribution is -2.32. The molecule has 2 aromatic rings. The monoisotopic (exact) mass is 596 g/mol. The predicted molar refractivity (Wildman–Crippen MR) is 158 cm³/mol. The van der Waals surface area contributed by atoms with Gasteiger partial charge in [-0.05, 0) is 98.2 Å². The van der Waals surface area contributed by atoms with Gasteiger partial charge in [0.1, 0.15) is 12.2 Å². The maximum absolute atomic E-state index is 12.8. The van der Waals surface area contributed by atoms with E-state index >= 15 is 0 Å². The number of nitrogens with one attached hydrogen (secondary N) is 2. The van der Waals surface area contributed by atoms with Gasteiger partial charge in [-0.2, -0.15) is 23.5 Å². The van der Waals surface area contributed by atoms with E-state index in [1.165, 1.54) is 36.4 Å². The molecule has 40 heavy (non-hydrogen) atoms. The Morgan fingerprint density at radius 2 is 1.07 bits per heavy atom. The van der Waals surface area contributed by atoms with Crippen LogP contribution in [0.25, 0.3) is 0 Å². The van der Waals surface area contributed by atoms with E-state index in [0.29, 0.717) is 24.2 Å². The maximum Gasteiger partial charge on any atom is 0.418 e. The summed E-state index contributed by atoms with van der Waals surface area (Å²) in [5, 5.41) is 45.7. The third kappa shape index (κ3) is 11.7. The van der Waals surface area contributed by atoms with Crippen LogP contribution in [-0.2, 0) is 19.1 Å². The maximum atomic E-state index is 12.8. The average Bonchev–Trinajstić information content (AvgIpc) is 2.94. The SMILES string of the molecule is CSCCCCNC[C@H](OC(=O)C(=O)O[C@@H](CNCCCCSC)c1ccc(O)c(O)c1)c1ccc(O)c(O)c1. The van der Waals surface area contributed by atoms with Gasteiger partial charge in [-0.25, -0.2) is 9.59 Å². The number of benzene rings is 2. The van der Waals surface area contributed by atoms with Gasteiger partial charge in [0.25, 0.3) is 0 Å². The number of carbonyl (C=O) groups excluding carboxylic acids is 2. The number of thioether (sulfide) groups is 2. The van der Waals surface area contributed by atoms with Gasteiger partial charge < -0.3 is 40.5 Å². The molecule has 2 rings (SSSR count). The van der Waals surface area contributed by atoms with Crippen molar-refractivity contribution in [1.29, 1.82) is 0 Å². The van der Waals surface area contributed by atoms with Crippen LogP contribution >= 0.6 is 23.5 Å². The van der Waals surface area contributed by atoms with Gasteiger partial charge in [0.2, 0.25) is 0 Å². The molecule has 2 aromatic carbocycles. The van der Waals surface area contributed by atoms with Crippen molar-refractivity contribution >= 4 is 35.5 Å². The summed E-state index contributed by atoms with van der Waals surface area (Å²) in [6, 6.07) is 8.10. The summed E-state index contributed by atoms with van der Waals surface area (Å²) >= 11 is 3.52. The summed E-state index contributed by atoms with van der Waals surface area (Å²) in [7, 11) is 0. The largest absolute Gasteiger partial charge is 0.504 e. The molecule has 0 aromatic heterocycles. The van der Waals surface area contributed by atoms with Crippen LogP contribution in [0, 0.1) is 0 Å². The van der Waals surface area contributed by atoms with Crippen LogP contribution < -0.4 is 10.6 Å². The van der Waals surface area contributed by atoms with Crippen LogP contribution in [0.1, 0.15) is 49.0 Å². The van der Waals surface area contributed by atoms with E-state index in [4.69, 9.17) is 9.47 Å². The molecule has 0 bridgehead atoms. The molecule has 0 aliphatic carbocycles. The van der Waals surface area contributed by atoms with Crippen molar-refractivity contribution in [3.05, 3.63) is 47.5 Å². The molecule has 0 aliphatic rings. The molecule has 0 spiro atoms. The quantitative estimate of drug-likeness (QED) is 0.0640. The van der Waals surface area contributed by atoms with Crippen LogP contribution in [0.5, 0.6) is 23.0 Å². The fourth-order valence-corrected chi connectivity index (χ4v) is 4.74. The number of unbranched alkanes of at least 4 members (excludes halogenated alkanes) is 2. The first-order valence-corrected chi connectivity index (χ1v) is 15.9. The third-order valence-electron chi connectivity index (χ3n) is 5.97. The first-order chi connectivity index (χ1) is 19.3. The first kappa shape index (κ1) is 33.4. The number of aromatic hydroxyl groups is 4. The molecule has 2 atom stereocenters. The summed E-state index contributed by atoms with van der Waals surface area (Å²) in [6.45, 7) is 1.68. The molecule has 0 amide bonds. The van der Waals surface area contributed by atoms with Gasteiger partial charge in [-0.3, -0.25) is 0 Å². The molecular weight excluding hydrogens is 556 g/mol. The van der Waals surface area contributed by atoms with E-state index in [9.17, 15) is 30.0 Å². The Morgan fingerprint density at radius 1 is 0.675 bits per heavy atom. The minimum absolute atomic E-state index is 0.176. The molecule has 0 heterocycles. The van der Waals surface area contributed by atoms with E-state index in [-0.39, 0.29) is 36.1 Å². The molecule has 222 valence electrons. The molecule has 10 nitrogen and oxygen atoms in total. The fraction of sp³-hybridized carbons (Fsp3) is 0.500.